The van der Waals surface area contributed by atoms with Gasteiger partial charge in [-0.05, 0) is 35.3 Å². The van der Waals surface area contributed by atoms with E-state index in [0.717, 1.165) is 24.0 Å². The average Bonchev–Trinajstić information content (AvgIpc) is 2.65. The van der Waals surface area contributed by atoms with E-state index in [-0.39, 0.29) is 11.7 Å². The van der Waals surface area contributed by atoms with Crippen molar-refractivity contribution >= 4 is 27.3 Å². The second-order valence-electron chi connectivity index (χ2n) is 4.21. The van der Waals surface area contributed by atoms with E-state index in [2.05, 4.69) is 46.5 Å². The first-order chi connectivity index (χ1) is 7.13. The second kappa shape index (κ2) is 4.53. The van der Waals surface area contributed by atoms with E-state index < -0.39 is 0 Å². The Morgan fingerprint density at radius 1 is 1.73 bits per heavy atom. The van der Waals surface area contributed by atoms with Gasteiger partial charge in [0.05, 0.1) is 5.60 Å². The molecular formula is C11H16BrNOS. The summed E-state index contributed by atoms with van der Waals surface area (Å²) in [5, 5.41) is 5.56. The summed E-state index contributed by atoms with van der Waals surface area (Å²) in [5.74, 6) is 0. The lowest BCUT2D eigenvalue weighted by atomic mass is 10.0. The molecule has 2 unspecified atom stereocenters. The first kappa shape index (κ1) is 11.6. The van der Waals surface area contributed by atoms with Crippen molar-refractivity contribution in [3.8, 4) is 0 Å². The van der Waals surface area contributed by atoms with Crippen molar-refractivity contribution in [3.63, 3.8) is 0 Å². The van der Waals surface area contributed by atoms with Crippen LogP contribution in [0, 0.1) is 0 Å². The van der Waals surface area contributed by atoms with Gasteiger partial charge in [0.2, 0.25) is 0 Å². The maximum Gasteiger partial charge on any atom is 0.105 e. The third-order valence-electron chi connectivity index (χ3n) is 2.91. The molecule has 0 aromatic carbocycles. The molecular weight excluding hydrogens is 274 g/mol. The highest BCUT2D eigenvalue weighted by atomic mass is 79.9. The summed E-state index contributed by atoms with van der Waals surface area (Å²) in [6, 6.07) is 2.15. The van der Waals surface area contributed by atoms with Crippen LogP contribution in [0.15, 0.2) is 15.9 Å². The van der Waals surface area contributed by atoms with E-state index >= 15 is 0 Å². The van der Waals surface area contributed by atoms with Crippen LogP contribution in [-0.4, -0.2) is 18.7 Å². The predicted molar refractivity (Wildman–Crippen MR) is 67.4 cm³/mol. The molecule has 0 aliphatic carbocycles. The molecule has 1 aromatic rings. The molecule has 1 fully saturated rings. The molecule has 0 amide bonds. The van der Waals surface area contributed by atoms with Crippen molar-refractivity contribution in [1.82, 2.24) is 5.32 Å². The summed E-state index contributed by atoms with van der Waals surface area (Å²) in [6.45, 7) is 6.22. The summed E-state index contributed by atoms with van der Waals surface area (Å²) >= 11 is 5.23. The quantitative estimate of drug-likeness (QED) is 0.902. The maximum atomic E-state index is 6.15. The number of morpholine rings is 1. The van der Waals surface area contributed by atoms with Crippen molar-refractivity contribution in [2.75, 3.05) is 13.1 Å². The Morgan fingerprint density at radius 3 is 3.13 bits per heavy atom. The Morgan fingerprint density at radius 2 is 2.53 bits per heavy atom. The zero-order chi connectivity index (χ0) is 10.9. The fourth-order valence-electron chi connectivity index (χ4n) is 1.76. The van der Waals surface area contributed by atoms with E-state index in [1.807, 2.05) is 0 Å². The Bertz CT molecular complexity index is 341. The van der Waals surface area contributed by atoms with E-state index in [1.54, 1.807) is 11.3 Å². The number of thiophene rings is 1. The summed E-state index contributed by atoms with van der Waals surface area (Å²) in [4.78, 5) is 1.30. The lowest BCUT2D eigenvalue weighted by Crippen LogP contribution is -2.48. The number of nitrogens with one attached hydrogen (secondary N) is 1. The van der Waals surface area contributed by atoms with Gasteiger partial charge in [0.25, 0.3) is 0 Å². The first-order valence-electron chi connectivity index (χ1n) is 5.25. The Balaban J connectivity index is 2.11. The van der Waals surface area contributed by atoms with Crippen LogP contribution in [0.3, 0.4) is 0 Å². The minimum Gasteiger partial charge on any atom is -0.364 e. The number of rotatable bonds is 2. The topological polar surface area (TPSA) is 21.3 Å². The highest BCUT2D eigenvalue weighted by molar-refractivity contribution is 9.10. The summed E-state index contributed by atoms with van der Waals surface area (Å²) in [7, 11) is 0. The number of hydrogen-bond acceptors (Lipinski definition) is 3. The second-order valence-corrected chi connectivity index (χ2v) is 6.07. The number of ether oxygens (including phenoxy) is 1. The molecule has 2 heterocycles. The van der Waals surface area contributed by atoms with E-state index in [4.69, 9.17) is 4.74 Å². The molecule has 1 saturated heterocycles. The maximum absolute atomic E-state index is 6.15. The molecule has 0 spiro atoms. The van der Waals surface area contributed by atoms with Crippen LogP contribution in [0.4, 0.5) is 0 Å². The van der Waals surface area contributed by atoms with Gasteiger partial charge in [-0.2, -0.15) is 0 Å². The zero-order valence-electron chi connectivity index (χ0n) is 9.05. The molecule has 2 rings (SSSR count). The molecule has 2 atom stereocenters. The number of halogens is 1. The van der Waals surface area contributed by atoms with Crippen LogP contribution >= 0.6 is 27.3 Å². The van der Waals surface area contributed by atoms with Crippen molar-refractivity contribution in [2.45, 2.75) is 32.0 Å². The smallest absolute Gasteiger partial charge is 0.105 e. The summed E-state index contributed by atoms with van der Waals surface area (Å²) in [5.41, 5.74) is -0.0145. The van der Waals surface area contributed by atoms with Crippen molar-refractivity contribution in [2.24, 2.45) is 0 Å². The molecule has 0 bridgehead atoms. The number of hydrogen-bond donors (Lipinski definition) is 1. The monoisotopic (exact) mass is 289 g/mol. The van der Waals surface area contributed by atoms with Gasteiger partial charge in [-0.15, -0.1) is 11.3 Å². The van der Waals surface area contributed by atoms with Crippen molar-refractivity contribution in [3.05, 3.63) is 20.8 Å². The minimum atomic E-state index is -0.0145. The average molecular weight is 290 g/mol. The van der Waals surface area contributed by atoms with Crippen LogP contribution in [0.2, 0.25) is 0 Å². The fraction of sp³-hybridized carbons (Fsp3) is 0.636. The van der Waals surface area contributed by atoms with Crippen LogP contribution in [0.5, 0.6) is 0 Å². The highest BCUT2D eigenvalue weighted by Crippen LogP contribution is 2.33. The normalized spacial score (nSPS) is 31.8. The predicted octanol–water partition coefficient (Wildman–Crippen LogP) is 3.34. The fourth-order valence-corrected chi connectivity index (χ4v) is 3.23. The summed E-state index contributed by atoms with van der Waals surface area (Å²) in [6.07, 6.45) is 1.25. The van der Waals surface area contributed by atoms with E-state index in [1.165, 1.54) is 4.88 Å². The molecule has 1 aliphatic rings. The van der Waals surface area contributed by atoms with Gasteiger partial charge in [0.1, 0.15) is 6.10 Å². The zero-order valence-corrected chi connectivity index (χ0v) is 11.5. The molecule has 1 aliphatic heterocycles. The van der Waals surface area contributed by atoms with E-state index in [0.29, 0.717) is 0 Å². The van der Waals surface area contributed by atoms with Crippen molar-refractivity contribution < 1.29 is 4.74 Å². The Hall–Kier alpha value is 0.1000. The van der Waals surface area contributed by atoms with Gasteiger partial charge in [-0.1, -0.05) is 6.92 Å². The molecule has 1 aromatic heterocycles. The Kier molecular flexibility index (Phi) is 3.50. The molecule has 0 saturated carbocycles. The standard InChI is InChI=1S/C11H16BrNOS/c1-3-11(2)7-13-5-9(14-11)10-4-8(12)6-15-10/h4,6,9,13H,3,5,7H2,1-2H3. The van der Waals surface area contributed by atoms with Crippen molar-refractivity contribution in [1.29, 1.82) is 0 Å². The van der Waals surface area contributed by atoms with Crippen LogP contribution in [0.1, 0.15) is 31.2 Å². The molecule has 0 radical (unpaired) electrons. The lowest BCUT2D eigenvalue weighted by Gasteiger charge is -2.38. The van der Waals surface area contributed by atoms with Crippen LogP contribution in [0.25, 0.3) is 0 Å². The van der Waals surface area contributed by atoms with E-state index in [9.17, 15) is 0 Å². The Labute approximate surface area is 103 Å². The third-order valence-corrected chi connectivity index (χ3v) is 4.69. The van der Waals surface area contributed by atoms with Gasteiger partial charge >= 0.3 is 0 Å². The van der Waals surface area contributed by atoms with Gasteiger partial charge < -0.3 is 10.1 Å². The minimum absolute atomic E-state index is 0.0145. The molecule has 15 heavy (non-hydrogen) atoms. The largest absolute Gasteiger partial charge is 0.364 e. The molecule has 4 heteroatoms. The van der Waals surface area contributed by atoms with Gasteiger partial charge in [0, 0.05) is 27.8 Å². The van der Waals surface area contributed by atoms with Gasteiger partial charge in [0.15, 0.2) is 0 Å². The van der Waals surface area contributed by atoms with Gasteiger partial charge in [-0.25, -0.2) is 0 Å². The molecule has 84 valence electrons. The summed E-state index contributed by atoms with van der Waals surface area (Å²) < 4.78 is 7.30. The highest BCUT2D eigenvalue weighted by Gasteiger charge is 2.32. The third kappa shape index (κ3) is 2.61. The van der Waals surface area contributed by atoms with Gasteiger partial charge in [-0.3, -0.25) is 0 Å². The lowest BCUT2D eigenvalue weighted by molar-refractivity contribution is -0.108. The molecule has 2 nitrogen and oxygen atoms in total. The SMILES string of the molecule is CCC1(C)CNCC(c2cc(Br)cs2)O1. The first-order valence-corrected chi connectivity index (χ1v) is 6.93. The molecule has 1 N–H and O–H groups in total. The van der Waals surface area contributed by atoms with Crippen LogP contribution in [-0.2, 0) is 4.74 Å². The van der Waals surface area contributed by atoms with Crippen LogP contribution < -0.4 is 5.32 Å².